The molecule has 2 saturated heterocycles. The van der Waals surface area contributed by atoms with Crippen molar-refractivity contribution in [1.82, 2.24) is 14.3 Å². The van der Waals surface area contributed by atoms with E-state index in [1.54, 1.807) is 7.05 Å². The van der Waals surface area contributed by atoms with Crippen LogP contribution in [0.5, 0.6) is 0 Å². The maximum absolute atomic E-state index is 12.8. The molecule has 2 bridgehead atoms. The van der Waals surface area contributed by atoms with Gasteiger partial charge in [-0.1, -0.05) is 0 Å². The van der Waals surface area contributed by atoms with Crippen LogP contribution in [0, 0.1) is 0 Å². The summed E-state index contributed by atoms with van der Waals surface area (Å²) in [6.45, 7) is 0. The van der Waals surface area contributed by atoms with Crippen molar-refractivity contribution in [3.63, 3.8) is 0 Å². The molecule has 2 aliphatic rings. The number of nitrogens with one attached hydrogen (secondary N) is 2. The fourth-order valence-corrected chi connectivity index (χ4v) is 5.70. The quantitative estimate of drug-likeness (QED) is 0.784. The molecule has 134 valence electrons. The lowest BCUT2D eigenvalue weighted by molar-refractivity contribution is 0.251. The van der Waals surface area contributed by atoms with E-state index in [9.17, 15) is 16.8 Å². The van der Waals surface area contributed by atoms with Gasteiger partial charge >= 0.3 is 0 Å². The number of hydrogen-bond acceptors (Lipinski definition) is 5. The number of hydrogen-bond donors (Lipinski definition) is 2. The average Bonchev–Trinajstić information content (AvgIpc) is 2.92. The summed E-state index contributed by atoms with van der Waals surface area (Å²) in [6.07, 6.45) is 3.84. The summed E-state index contributed by atoms with van der Waals surface area (Å²) in [5.41, 5.74) is 0. The van der Waals surface area contributed by atoms with Gasteiger partial charge in [-0.3, -0.25) is 0 Å². The summed E-state index contributed by atoms with van der Waals surface area (Å²) >= 11 is 0. The molecular weight excluding hydrogens is 350 g/mol. The molecule has 24 heavy (non-hydrogen) atoms. The summed E-state index contributed by atoms with van der Waals surface area (Å²) in [5.74, 6) is 0. The number of rotatable bonds is 5. The largest absolute Gasteiger partial charge is 0.311 e. The number of piperidine rings is 1. The first-order valence-electron chi connectivity index (χ1n) is 8.02. The van der Waals surface area contributed by atoms with Crippen molar-refractivity contribution >= 4 is 20.0 Å². The molecule has 0 aromatic heterocycles. The van der Waals surface area contributed by atoms with Gasteiger partial charge in [-0.05, 0) is 57.0 Å². The highest BCUT2D eigenvalue weighted by Gasteiger charge is 2.38. The van der Waals surface area contributed by atoms with Crippen LogP contribution in [-0.2, 0) is 20.0 Å². The van der Waals surface area contributed by atoms with Gasteiger partial charge in [0.15, 0.2) is 0 Å². The van der Waals surface area contributed by atoms with Crippen molar-refractivity contribution in [2.24, 2.45) is 0 Å². The average molecular weight is 374 g/mol. The van der Waals surface area contributed by atoms with Gasteiger partial charge in [0.05, 0.1) is 9.79 Å². The van der Waals surface area contributed by atoms with E-state index in [1.165, 1.54) is 35.6 Å². The Morgan fingerprint density at radius 2 is 1.50 bits per heavy atom. The van der Waals surface area contributed by atoms with Gasteiger partial charge in [-0.15, -0.1) is 0 Å². The highest BCUT2D eigenvalue weighted by molar-refractivity contribution is 7.89. The van der Waals surface area contributed by atoms with Crippen LogP contribution in [0.4, 0.5) is 0 Å². The molecule has 1 aromatic carbocycles. The molecule has 2 fully saturated rings. The van der Waals surface area contributed by atoms with E-state index < -0.39 is 20.0 Å². The molecule has 2 N–H and O–H groups in total. The summed E-state index contributed by atoms with van der Waals surface area (Å²) in [5, 5.41) is 3.50. The van der Waals surface area contributed by atoms with E-state index in [2.05, 4.69) is 10.0 Å². The van der Waals surface area contributed by atoms with E-state index in [0.717, 1.165) is 25.7 Å². The highest BCUT2D eigenvalue weighted by atomic mass is 32.2. The Balaban J connectivity index is 1.82. The molecule has 7 nitrogen and oxygen atoms in total. The van der Waals surface area contributed by atoms with Gasteiger partial charge in [0, 0.05) is 25.2 Å². The third-order valence-electron chi connectivity index (χ3n) is 5.04. The zero-order valence-corrected chi connectivity index (χ0v) is 15.4. The third-order valence-corrected chi connectivity index (χ3v) is 8.40. The minimum atomic E-state index is -3.64. The van der Waals surface area contributed by atoms with E-state index >= 15 is 0 Å². The first-order chi connectivity index (χ1) is 11.2. The Hall–Kier alpha value is -1.00. The predicted molar refractivity (Wildman–Crippen MR) is 90.6 cm³/mol. The number of benzene rings is 1. The minimum Gasteiger partial charge on any atom is -0.311 e. The van der Waals surface area contributed by atoms with Crippen LogP contribution in [0.25, 0.3) is 0 Å². The van der Waals surface area contributed by atoms with E-state index in [4.69, 9.17) is 0 Å². The van der Waals surface area contributed by atoms with Gasteiger partial charge < -0.3 is 5.32 Å². The summed E-state index contributed by atoms with van der Waals surface area (Å²) < 4.78 is 52.8. The Kier molecular flexibility index (Phi) is 4.73. The summed E-state index contributed by atoms with van der Waals surface area (Å²) in [4.78, 5) is 0.164. The van der Waals surface area contributed by atoms with Gasteiger partial charge in [0.2, 0.25) is 20.0 Å². The molecule has 2 atom stereocenters. The molecule has 2 aliphatic heterocycles. The van der Waals surface area contributed by atoms with Gasteiger partial charge in [-0.25, -0.2) is 21.6 Å². The molecule has 2 heterocycles. The summed E-state index contributed by atoms with van der Waals surface area (Å²) in [6, 6.07) is 6.12. The smallest absolute Gasteiger partial charge is 0.243 e. The van der Waals surface area contributed by atoms with Gasteiger partial charge in [-0.2, -0.15) is 4.31 Å². The molecule has 0 aliphatic carbocycles. The molecule has 0 amide bonds. The van der Waals surface area contributed by atoms with Crippen molar-refractivity contribution in [1.29, 1.82) is 0 Å². The van der Waals surface area contributed by atoms with E-state index in [1.807, 2.05) is 0 Å². The fourth-order valence-electron chi connectivity index (χ4n) is 3.60. The van der Waals surface area contributed by atoms with Crippen LogP contribution in [-0.4, -0.2) is 53.4 Å². The lowest BCUT2D eigenvalue weighted by atomic mass is 10.0. The normalized spacial score (nSPS) is 27.5. The maximum atomic E-state index is 12.8. The standard InChI is InChI=1S/C15H23N3O4S2/c1-16-23(19,20)14-5-7-15(8-6-14)24(21,22)18(2)13-9-11-3-4-12(10-13)17-11/h5-8,11-13,16-17H,3-4,9-10H2,1-2H3. The van der Waals surface area contributed by atoms with Crippen molar-refractivity contribution in [3.8, 4) is 0 Å². The zero-order chi connectivity index (χ0) is 17.5. The molecule has 2 unspecified atom stereocenters. The highest BCUT2D eigenvalue weighted by Crippen LogP contribution is 2.31. The van der Waals surface area contributed by atoms with Crippen LogP contribution in [0.3, 0.4) is 0 Å². The number of nitrogens with zero attached hydrogens (tertiary/aromatic N) is 1. The van der Waals surface area contributed by atoms with Crippen molar-refractivity contribution in [3.05, 3.63) is 24.3 Å². The maximum Gasteiger partial charge on any atom is 0.243 e. The first kappa shape index (κ1) is 17.8. The van der Waals surface area contributed by atoms with Crippen LogP contribution in [0.1, 0.15) is 25.7 Å². The number of sulfonamides is 2. The van der Waals surface area contributed by atoms with Crippen LogP contribution in [0.2, 0.25) is 0 Å². The van der Waals surface area contributed by atoms with E-state index in [-0.39, 0.29) is 15.8 Å². The molecule has 1 aromatic rings. The topological polar surface area (TPSA) is 95.6 Å². The molecule has 0 saturated carbocycles. The second-order valence-electron chi connectivity index (χ2n) is 6.46. The van der Waals surface area contributed by atoms with Gasteiger partial charge in [0.1, 0.15) is 0 Å². The summed E-state index contributed by atoms with van der Waals surface area (Å²) in [7, 11) is -4.28. The van der Waals surface area contributed by atoms with Crippen LogP contribution >= 0.6 is 0 Å². The second kappa shape index (κ2) is 6.38. The molecule has 9 heteroatoms. The van der Waals surface area contributed by atoms with Crippen LogP contribution in [0.15, 0.2) is 34.1 Å². The monoisotopic (exact) mass is 373 g/mol. The minimum absolute atomic E-state index is 0.0190. The molecule has 0 radical (unpaired) electrons. The number of fused-ring (bicyclic) bond motifs is 2. The predicted octanol–water partition coefficient (Wildman–Crippen LogP) is 0.498. The van der Waals surface area contributed by atoms with Crippen LogP contribution < -0.4 is 10.0 Å². The lowest BCUT2D eigenvalue weighted by Gasteiger charge is -2.34. The molecule has 0 spiro atoms. The lowest BCUT2D eigenvalue weighted by Crippen LogP contribution is -2.48. The van der Waals surface area contributed by atoms with Gasteiger partial charge in [0.25, 0.3) is 0 Å². The Morgan fingerprint density at radius 3 is 2.00 bits per heavy atom. The second-order valence-corrected chi connectivity index (χ2v) is 10.3. The molecule has 3 rings (SSSR count). The zero-order valence-electron chi connectivity index (χ0n) is 13.8. The SMILES string of the molecule is CNS(=O)(=O)c1ccc(S(=O)(=O)N(C)C2CC3CCC(C2)N3)cc1. The first-order valence-corrected chi connectivity index (χ1v) is 10.9. The Labute approximate surface area is 143 Å². The molecular formula is C15H23N3O4S2. The van der Waals surface area contributed by atoms with E-state index in [0.29, 0.717) is 12.1 Å². The Morgan fingerprint density at radius 1 is 1.00 bits per heavy atom. The van der Waals surface area contributed by atoms with Crippen molar-refractivity contribution in [2.45, 2.75) is 53.6 Å². The Bertz CT molecular complexity index is 794. The van der Waals surface area contributed by atoms with Crippen molar-refractivity contribution in [2.75, 3.05) is 14.1 Å². The third kappa shape index (κ3) is 3.23. The fraction of sp³-hybridized carbons (Fsp3) is 0.600. The van der Waals surface area contributed by atoms with Crippen molar-refractivity contribution < 1.29 is 16.8 Å².